The molecular weight excluding hydrogens is 340 g/mol. The van der Waals surface area contributed by atoms with Gasteiger partial charge in [0.25, 0.3) is 0 Å². The van der Waals surface area contributed by atoms with Gasteiger partial charge in [-0.3, -0.25) is 4.39 Å². The third-order valence-electron chi connectivity index (χ3n) is 5.16. The fraction of sp³-hybridized carbons (Fsp3) is 0.364. The van der Waals surface area contributed by atoms with E-state index in [4.69, 9.17) is 0 Å². The molecule has 26 heavy (non-hydrogen) atoms. The van der Waals surface area contributed by atoms with Gasteiger partial charge >= 0.3 is 0 Å². The van der Waals surface area contributed by atoms with Crippen molar-refractivity contribution in [3.8, 4) is 11.1 Å². The molecule has 4 heteroatoms. The van der Waals surface area contributed by atoms with Gasteiger partial charge in [0.15, 0.2) is 17.5 Å². The third-order valence-corrected chi connectivity index (χ3v) is 5.16. The third kappa shape index (κ3) is 4.35. The van der Waals surface area contributed by atoms with Crippen LogP contribution in [0.2, 0.25) is 0 Å². The Morgan fingerprint density at radius 2 is 1.46 bits per heavy atom. The Balaban J connectivity index is 1.65. The predicted molar refractivity (Wildman–Crippen MR) is 96.2 cm³/mol. The van der Waals surface area contributed by atoms with Gasteiger partial charge in [-0.05, 0) is 72.8 Å². The van der Waals surface area contributed by atoms with Crippen LogP contribution in [-0.4, -0.2) is 6.67 Å². The van der Waals surface area contributed by atoms with Crippen molar-refractivity contribution >= 4 is 0 Å². The summed E-state index contributed by atoms with van der Waals surface area (Å²) in [7, 11) is 0. The number of halogens is 4. The number of hydrogen-bond donors (Lipinski definition) is 0. The van der Waals surface area contributed by atoms with Crippen LogP contribution in [0, 0.1) is 23.4 Å². The number of rotatable bonds is 5. The second kappa shape index (κ2) is 8.52. The molecule has 2 aromatic carbocycles. The molecule has 0 bridgehead atoms. The standard InChI is InChI=1S/C22H22F4/c23-12-2-1-3-15-4-6-16(7-5-15)17-8-10-18(11-9-17)19-13-20(24)22(26)21(25)14-19/h1,3,8-11,13-16H,2,4-7,12H2/b3-1+. The minimum Gasteiger partial charge on any atom is -0.251 e. The van der Waals surface area contributed by atoms with Crippen LogP contribution in [0.5, 0.6) is 0 Å². The first-order chi connectivity index (χ1) is 12.6. The van der Waals surface area contributed by atoms with Crippen LogP contribution in [0.15, 0.2) is 48.6 Å². The summed E-state index contributed by atoms with van der Waals surface area (Å²) in [5.74, 6) is -2.80. The van der Waals surface area contributed by atoms with Crippen LogP contribution in [0.4, 0.5) is 17.6 Å². The molecule has 1 aliphatic carbocycles. The molecule has 0 nitrogen and oxygen atoms in total. The number of alkyl halides is 1. The lowest BCUT2D eigenvalue weighted by Crippen LogP contribution is -2.11. The molecule has 0 heterocycles. The van der Waals surface area contributed by atoms with Gasteiger partial charge in [0.05, 0.1) is 6.67 Å². The first kappa shape index (κ1) is 18.7. The Morgan fingerprint density at radius 1 is 0.846 bits per heavy atom. The quantitative estimate of drug-likeness (QED) is 0.306. The summed E-state index contributed by atoms with van der Waals surface area (Å²) in [5.41, 5.74) is 2.20. The normalized spacial score (nSPS) is 20.6. The summed E-state index contributed by atoms with van der Waals surface area (Å²) in [6.07, 6.45) is 8.88. The fourth-order valence-electron chi connectivity index (χ4n) is 3.67. The summed E-state index contributed by atoms with van der Waals surface area (Å²) in [6.45, 7) is -0.306. The van der Waals surface area contributed by atoms with Gasteiger partial charge in [-0.1, -0.05) is 36.4 Å². The minimum absolute atomic E-state index is 0.306. The zero-order valence-corrected chi connectivity index (χ0v) is 14.5. The van der Waals surface area contributed by atoms with Crippen LogP contribution >= 0.6 is 0 Å². The SMILES string of the molecule is FCC/C=C/C1CCC(c2ccc(-c3cc(F)c(F)c(F)c3)cc2)CC1. The topological polar surface area (TPSA) is 0 Å². The average molecular weight is 362 g/mol. The van der Waals surface area contributed by atoms with Crippen molar-refractivity contribution in [2.75, 3.05) is 6.67 Å². The predicted octanol–water partition coefficient (Wildman–Crippen LogP) is 6.96. The maximum absolute atomic E-state index is 13.4. The van der Waals surface area contributed by atoms with Gasteiger partial charge in [-0.15, -0.1) is 0 Å². The van der Waals surface area contributed by atoms with Crippen LogP contribution < -0.4 is 0 Å². The highest BCUT2D eigenvalue weighted by Gasteiger charge is 2.21. The Hall–Kier alpha value is -2.10. The highest BCUT2D eigenvalue weighted by atomic mass is 19.2. The van der Waals surface area contributed by atoms with Crippen molar-refractivity contribution in [3.05, 3.63) is 71.6 Å². The molecule has 2 aromatic rings. The van der Waals surface area contributed by atoms with Crippen molar-refractivity contribution in [2.45, 2.75) is 38.0 Å². The first-order valence-electron chi connectivity index (χ1n) is 9.06. The molecule has 0 spiro atoms. The van der Waals surface area contributed by atoms with E-state index in [1.807, 2.05) is 30.3 Å². The second-order valence-electron chi connectivity index (χ2n) is 6.89. The maximum atomic E-state index is 13.4. The molecule has 0 amide bonds. The van der Waals surface area contributed by atoms with E-state index in [0.717, 1.165) is 37.8 Å². The molecule has 0 atom stereocenters. The van der Waals surface area contributed by atoms with Crippen molar-refractivity contribution in [3.63, 3.8) is 0 Å². The van der Waals surface area contributed by atoms with Gasteiger partial charge < -0.3 is 0 Å². The van der Waals surface area contributed by atoms with Crippen molar-refractivity contribution in [2.24, 2.45) is 5.92 Å². The molecule has 138 valence electrons. The first-order valence-corrected chi connectivity index (χ1v) is 9.06. The molecule has 0 radical (unpaired) electrons. The summed E-state index contributed by atoms with van der Waals surface area (Å²) in [5, 5.41) is 0. The molecule has 1 saturated carbocycles. The molecule has 1 aliphatic rings. The summed E-state index contributed by atoms with van der Waals surface area (Å²) in [6, 6.07) is 9.66. The van der Waals surface area contributed by atoms with Crippen LogP contribution in [0.25, 0.3) is 11.1 Å². The molecule has 0 unspecified atom stereocenters. The second-order valence-corrected chi connectivity index (χ2v) is 6.89. The molecule has 0 N–H and O–H groups in total. The monoisotopic (exact) mass is 362 g/mol. The highest BCUT2D eigenvalue weighted by molar-refractivity contribution is 5.64. The van der Waals surface area contributed by atoms with E-state index >= 15 is 0 Å². The lowest BCUT2D eigenvalue weighted by molar-refractivity contribution is 0.375. The van der Waals surface area contributed by atoms with Gasteiger partial charge in [-0.2, -0.15) is 0 Å². The van der Waals surface area contributed by atoms with Crippen molar-refractivity contribution < 1.29 is 17.6 Å². The highest BCUT2D eigenvalue weighted by Crippen LogP contribution is 2.37. The van der Waals surface area contributed by atoms with E-state index in [9.17, 15) is 17.6 Å². The zero-order chi connectivity index (χ0) is 18.5. The number of allylic oxidation sites excluding steroid dienone is 2. The largest absolute Gasteiger partial charge is 0.251 e. The molecule has 0 aromatic heterocycles. The van der Waals surface area contributed by atoms with Crippen molar-refractivity contribution in [1.29, 1.82) is 0 Å². The van der Waals surface area contributed by atoms with E-state index < -0.39 is 17.5 Å². The Morgan fingerprint density at radius 3 is 2.04 bits per heavy atom. The molecule has 1 fully saturated rings. The van der Waals surface area contributed by atoms with Crippen LogP contribution in [0.3, 0.4) is 0 Å². The molecule has 0 saturated heterocycles. The number of benzene rings is 2. The van der Waals surface area contributed by atoms with Crippen LogP contribution in [-0.2, 0) is 0 Å². The zero-order valence-electron chi connectivity index (χ0n) is 14.5. The van der Waals surface area contributed by atoms with Crippen molar-refractivity contribution in [1.82, 2.24) is 0 Å². The number of hydrogen-bond acceptors (Lipinski definition) is 0. The molecular formula is C22H22F4. The van der Waals surface area contributed by atoms with Gasteiger partial charge in [0.1, 0.15) is 0 Å². The van der Waals surface area contributed by atoms with E-state index in [2.05, 4.69) is 6.08 Å². The lowest BCUT2D eigenvalue weighted by atomic mass is 9.78. The summed E-state index contributed by atoms with van der Waals surface area (Å²) < 4.78 is 52.0. The fourth-order valence-corrected chi connectivity index (χ4v) is 3.67. The Kier molecular flexibility index (Phi) is 6.12. The smallest absolute Gasteiger partial charge is 0.194 e. The lowest BCUT2D eigenvalue weighted by Gasteiger charge is -2.27. The van der Waals surface area contributed by atoms with E-state index in [1.165, 1.54) is 5.56 Å². The van der Waals surface area contributed by atoms with Gasteiger partial charge in [0.2, 0.25) is 0 Å². The minimum atomic E-state index is -1.44. The maximum Gasteiger partial charge on any atom is 0.194 e. The molecule has 3 rings (SSSR count). The average Bonchev–Trinajstić information content (AvgIpc) is 2.67. The van der Waals surface area contributed by atoms with Gasteiger partial charge in [-0.25, -0.2) is 13.2 Å². The summed E-state index contributed by atoms with van der Waals surface area (Å²) in [4.78, 5) is 0. The Bertz CT molecular complexity index is 733. The van der Waals surface area contributed by atoms with E-state index in [1.54, 1.807) is 0 Å². The summed E-state index contributed by atoms with van der Waals surface area (Å²) >= 11 is 0. The van der Waals surface area contributed by atoms with E-state index in [0.29, 0.717) is 29.4 Å². The molecule has 0 aliphatic heterocycles. The Labute approximate surface area is 151 Å². The van der Waals surface area contributed by atoms with E-state index in [-0.39, 0.29) is 6.67 Å². The van der Waals surface area contributed by atoms with Crippen LogP contribution in [0.1, 0.15) is 43.6 Å². The van der Waals surface area contributed by atoms with Gasteiger partial charge in [0, 0.05) is 0 Å².